The number of benzene rings is 1. The van der Waals surface area contributed by atoms with Crippen molar-refractivity contribution in [2.24, 2.45) is 59.2 Å². The molecule has 88 heavy (non-hydrogen) atoms. The van der Waals surface area contributed by atoms with Crippen LogP contribution in [0.25, 0.3) is 0 Å². The molecule has 15 atom stereocenters. The standard InChI is InChI=1S/C60H94N6O22/c1-15-40(81-10)48(59(79)87-28-24-62-50(67)34-19-21-35(22-20-34)65(8)9)38(55(73)74)32-43(84-13)47-36(52(69)66(53(47)70)27-18-26-64(6)7)29-42(83-12)46(51(68)61-23-17-25-63(4)5)37(54(71)72)30-44(85-14)49(58(78)86-16-2)39(56(75)76)31-41(82-11)45-33(3)57(77)88-60(45)80/h19-22,33,36-49H,15-18,23-32H2,1-14H3,(H,61,68)(H,62,67)(H,71,72)(H,73,74)(H,75,76). The number of hydrogen-bond donors (Lipinski definition) is 5. The van der Waals surface area contributed by atoms with Crippen molar-refractivity contribution in [1.82, 2.24) is 25.3 Å². The van der Waals surface area contributed by atoms with Gasteiger partial charge in [-0.2, -0.15) is 0 Å². The summed E-state index contributed by atoms with van der Waals surface area (Å²) < 4.78 is 44.9. The third-order valence-corrected chi connectivity index (χ3v) is 16.5. The molecule has 0 radical (unpaired) electrons. The van der Waals surface area contributed by atoms with Gasteiger partial charge in [0.2, 0.25) is 17.7 Å². The summed E-state index contributed by atoms with van der Waals surface area (Å²) in [6, 6.07) is 6.75. The number of likely N-dealkylation sites (tertiary alicyclic amines) is 1. The lowest BCUT2D eigenvalue weighted by atomic mass is 9.73. The molecule has 15 unspecified atom stereocenters. The lowest BCUT2D eigenvalue weighted by molar-refractivity contribution is -0.169. The van der Waals surface area contributed by atoms with Crippen LogP contribution in [0.15, 0.2) is 24.3 Å². The van der Waals surface area contributed by atoms with E-state index in [-0.39, 0.29) is 45.7 Å². The molecule has 0 bridgehead atoms. The highest BCUT2D eigenvalue weighted by molar-refractivity contribution is 6.05. The minimum atomic E-state index is -1.94. The van der Waals surface area contributed by atoms with Crippen molar-refractivity contribution in [3.8, 4) is 0 Å². The summed E-state index contributed by atoms with van der Waals surface area (Å²) in [7, 11) is 16.7. The van der Waals surface area contributed by atoms with Gasteiger partial charge in [0.25, 0.3) is 5.91 Å². The smallest absolute Gasteiger partial charge is 0.320 e. The second kappa shape index (κ2) is 36.7. The summed E-state index contributed by atoms with van der Waals surface area (Å²) in [5.74, 6) is -27.9. The average molecular weight is 1250 g/mol. The number of carboxylic acids is 3. The Hall–Kier alpha value is -6.69. The molecule has 5 N–H and O–H groups in total. The van der Waals surface area contributed by atoms with Gasteiger partial charge >= 0.3 is 41.8 Å². The zero-order valence-electron chi connectivity index (χ0n) is 53.3. The minimum absolute atomic E-state index is 0.00490. The summed E-state index contributed by atoms with van der Waals surface area (Å²) >= 11 is 0. The zero-order chi connectivity index (χ0) is 66.3. The second-order valence-electron chi connectivity index (χ2n) is 22.9. The maximum absolute atomic E-state index is 15.0. The van der Waals surface area contributed by atoms with Crippen LogP contribution < -0.4 is 15.5 Å². The highest BCUT2D eigenvalue weighted by atomic mass is 16.6. The predicted octanol–water partition coefficient (Wildman–Crippen LogP) is 1.54. The van der Waals surface area contributed by atoms with E-state index in [1.807, 2.05) is 28.8 Å². The Bertz CT molecular complexity index is 2510. The van der Waals surface area contributed by atoms with Gasteiger partial charge in [-0.1, -0.05) is 13.8 Å². The molecular weight excluding hydrogens is 1160 g/mol. The summed E-state index contributed by atoms with van der Waals surface area (Å²) in [5, 5.41) is 38.6. The van der Waals surface area contributed by atoms with E-state index in [1.54, 1.807) is 59.4 Å². The number of hydrogen-bond acceptors (Lipinski definition) is 22. The molecule has 1 aromatic rings. The number of methoxy groups -OCH3 is 5. The van der Waals surface area contributed by atoms with Gasteiger partial charge in [0, 0.05) is 74.0 Å². The van der Waals surface area contributed by atoms with E-state index in [0.29, 0.717) is 25.1 Å². The Morgan fingerprint density at radius 2 is 1.11 bits per heavy atom. The molecule has 2 aliphatic rings. The number of nitrogens with zero attached hydrogens (tertiary/aromatic N) is 4. The topological polar surface area (TPSA) is 359 Å². The Kier molecular flexibility index (Phi) is 31.5. The number of cyclic esters (lactones) is 2. The first kappa shape index (κ1) is 75.6. The Balaban J connectivity index is 2.20. The normalized spacial score (nSPS) is 20.7. The molecule has 2 heterocycles. The van der Waals surface area contributed by atoms with Crippen molar-refractivity contribution in [2.45, 2.75) is 96.2 Å². The summed E-state index contributed by atoms with van der Waals surface area (Å²) in [5.41, 5.74) is 1.20. The first-order valence-corrected chi connectivity index (χ1v) is 29.5. The number of nitrogens with one attached hydrogen (secondary N) is 2. The number of aliphatic carboxylic acids is 3. The number of carbonyl (C=O) groups excluding carboxylic acids is 8. The molecule has 28 nitrogen and oxygen atoms in total. The molecule has 2 fully saturated rings. The highest BCUT2D eigenvalue weighted by Gasteiger charge is 2.56. The number of esters is 4. The maximum atomic E-state index is 15.0. The fraction of sp³-hybridized carbons (Fsp3) is 0.717. The molecule has 1 aromatic carbocycles. The van der Waals surface area contributed by atoms with E-state index >= 15 is 4.79 Å². The van der Waals surface area contributed by atoms with Crippen LogP contribution in [0.3, 0.4) is 0 Å². The number of carboxylic acid groups (broad SMARTS) is 3. The van der Waals surface area contributed by atoms with Gasteiger partial charge in [0.15, 0.2) is 0 Å². The number of anilines is 1. The first-order valence-electron chi connectivity index (χ1n) is 29.5. The van der Waals surface area contributed by atoms with Crippen molar-refractivity contribution in [2.75, 3.05) is 129 Å². The van der Waals surface area contributed by atoms with Gasteiger partial charge in [-0.25, -0.2) is 0 Å². The van der Waals surface area contributed by atoms with E-state index in [4.69, 9.17) is 37.9 Å². The van der Waals surface area contributed by atoms with Crippen LogP contribution in [-0.2, 0) is 85.8 Å². The Morgan fingerprint density at radius 1 is 0.602 bits per heavy atom. The van der Waals surface area contributed by atoms with Crippen LogP contribution in [0, 0.1) is 59.2 Å². The van der Waals surface area contributed by atoms with Gasteiger partial charge in [0.05, 0.1) is 103 Å². The fourth-order valence-electron chi connectivity index (χ4n) is 11.8. The van der Waals surface area contributed by atoms with E-state index in [2.05, 4.69) is 10.6 Å². The van der Waals surface area contributed by atoms with Gasteiger partial charge in [-0.3, -0.25) is 57.6 Å². The van der Waals surface area contributed by atoms with E-state index < -0.39 is 181 Å². The molecule has 2 saturated heterocycles. The highest BCUT2D eigenvalue weighted by Crippen LogP contribution is 2.42. The zero-order valence-corrected chi connectivity index (χ0v) is 53.3. The van der Waals surface area contributed by atoms with Crippen molar-refractivity contribution in [3.63, 3.8) is 0 Å². The van der Waals surface area contributed by atoms with Crippen LogP contribution in [0.4, 0.5) is 5.69 Å². The third-order valence-electron chi connectivity index (χ3n) is 16.5. The minimum Gasteiger partial charge on any atom is -0.481 e. The van der Waals surface area contributed by atoms with Crippen LogP contribution in [0.1, 0.15) is 76.1 Å². The Labute approximate surface area is 514 Å². The molecule has 3 rings (SSSR count). The molecular formula is C60H94N6O22. The molecule has 0 aliphatic carbocycles. The molecule has 2 aliphatic heterocycles. The predicted molar refractivity (Wildman–Crippen MR) is 314 cm³/mol. The van der Waals surface area contributed by atoms with Crippen molar-refractivity contribution >= 4 is 71.1 Å². The molecule has 496 valence electrons. The van der Waals surface area contributed by atoms with Gasteiger partial charge in [-0.15, -0.1) is 0 Å². The largest absolute Gasteiger partial charge is 0.481 e. The lowest BCUT2D eigenvalue weighted by Crippen LogP contribution is -2.50. The SMILES string of the molecule is CCOC(=O)C(C(CC(C(=O)O)C(C(=O)NCCCN(C)C)C(CC1C(=O)N(CCCN(C)C)C(=O)C1C(CC(C(=O)O)C(C(=O)OCCNC(=O)c1ccc(N(C)C)cc1)C(CC)OC)OC)OC)OC)C(CC(OC)C1C(=O)OC(=O)C1C)C(=O)O. The van der Waals surface area contributed by atoms with Crippen molar-refractivity contribution < 1.29 is 106 Å². The number of amides is 4. The summed E-state index contributed by atoms with van der Waals surface area (Å²) in [6.45, 7) is 4.44. The van der Waals surface area contributed by atoms with Crippen LogP contribution in [-0.4, -0.2) is 250 Å². The van der Waals surface area contributed by atoms with Crippen LogP contribution >= 0.6 is 0 Å². The van der Waals surface area contributed by atoms with Gasteiger partial charge < -0.3 is 78.5 Å². The molecule has 28 heteroatoms. The molecule has 0 aromatic heterocycles. The first-order chi connectivity index (χ1) is 41.6. The average Bonchev–Trinajstić information content (AvgIpc) is 2.78. The van der Waals surface area contributed by atoms with Crippen molar-refractivity contribution in [1.29, 1.82) is 0 Å². The number of imide groups is 1. The Morgan fingerprint density at radius 3 is 1.58 bits per heavy atom. The molecule has 0 spiro atoms. The lowest BCUT2D eigenvalue weighted by Gasteiger charge is -2.36. The third kappa shape index (κ3) is 20.4. The quantitative estimate of drug-likeness (QED) is 0.0204. The van der Waals surface area contributed by atoms with Gasteiger partial charge in [-0.05, 0) is 117 Å². The number of carbonyl (C=O) groups is 11. The fourth-order valence-corrected chi connectivity index (χ4v) is 11.8. The monoisotopic (exact) mass is 1250 g/mol. The number of ether oxygens (including phenoxy) is 8. The van der Waals surface area contributed by atoms with Gasteiger partial charge in [0.1, 0.15) is 6.61 Å². The van der Waals surface area contributed by atoms with Crippen molar-refractivity contribution in [3.05, 3.63) is 29.8 Å². The molecule has 0 saturated carbocycles. The van der Waals surface area contributed by atoms with Crippen LogP contribution in [0.5, 0.6) is 0 Å². The van der Waals surface area contributed by atoms with E-state index in [9.17, 15) is 63.3 Å². The molecule has 4 amide bonds. The summed E-state index contributed by atoms with van der Waals surface area (Å²) in [6.07, 6.45) is -9.04. The maximum Gasteiger partial charge on any atom is 0.320 e. The number of rotatable bonds is 42. The van der Waals surface area contributed by atoms with E-state index in [0.717, 1.165) is 24.8 Å². The summed E-state index contributed by atoms with van der Waals surface area (Å²) in [4.78, 5) is 159. The van der Waals surface area contributed by atoms with E-state index in [1.165, 1.54) is 35.2 Å². The van der Waals surface area contributed by atoms with Crippen LogP contribution in [0.2, 0.25) is 0 Å². The second-order valence-corrected chi connectivity index (χ2v) is 22.9.